The molecule has 0 spiro atoms. The van der Waals surface area contributed by atoms with Gasteiger partial charge < -0.3 is 23.7 Å². The van der Waals surface area contributed by atoms with E-state index >= 15 is 0 Å². The molecule has 2 aliphatic rings. The number of unbranched alkanes of at least 4 members (excludes halogenated alkanes) is 1. The topological polar surface area (TPSA) is 124 Å². The highest BCUT2D eigenvalue weighted by Gasteiger charge is 2.40. The number of cyclic esters (lactones) is 1. The summed E-state index contributed by atoms with van der Waals surface area (Å²) < 4.78 is 55.0. The average Bonchev–Trinajstić information content (AvgIpc) is 3.71. The number of benzene rings is 3. The van der Waals surface area contributed by atoms with Gasteiger partial charge in [-0.3, -0.25) is 4.79 Å². The average molecular weight is 711 g/mol. The molecule has 10 nitrogen and oxygen atoms in total. The lowest BCUT2D eigenvalue weighted by atomic mass is 10.2. The highest BCUT2D eigenvalue weighted by molar-refractivity contribution is 6.32. The number of ether oxygens (including phenoxy) is 5. The fraction of sp³-hybridized carbons (Fsp3) is 0.351. The second-order valence-electron chi connectivity index (χ2n) is 11.7. The van der Waals surface area contributed by atoms with Crippen molar-refractivity contribution in [2.45, 2.75) is 78.4 Å². The van der Waals surface area contributed by atoms with E-state index in [1.165, 1.54) is 18.2 Å². The molecule has 1 saturated heterocycles. The zero-order chi connectivity index (χ0) is 36.4. The number of rotatable bonds is 11. The van der Waals surface area contributed by atoms with Crippen LogP contribution in [0.1, 0.15) is 71.8 Å². The predicted octanol–water partition coefficient (Wildman–Crippen LogP) is 9.18. The molecule has 0 unspecified atom stereocenters. The van der Waals surface area contributed by atoms with E-state index in [1.807, 2.05) is 13.0 Å². The Kier molecular flexibility index (Phi) is 13.2. The number of hydrogen-bond donors (Lipinski definition) is 0. The van der Waals surface area contributed by atoms with Crippen molar-refractivity contribution in [2.75, 3.05) is 11.5 Å². The lowest BCUT2D eigenvalue weighted by Gasteiger charge is -2.18. The van der Waals surface area contributed by atoms with Crippen LogP contribution in [0.25, 0.3) is 0 Å². The number of hydrogen-bond acceptors (Lipinski definition) is 9. The normalized spacial score (nSPS) is 14.7. The van der Waals surface area contributed by atoms with Crippen LogP contribution in [0.3, 0.4) is 0 Å². The van der Waals surface area contributed by atoms with Crippen molar-refractivity contribution in [3.8, 4) is 29.1 Å². The molecule has 0 N–H and O–H groups in total. The van der Waals surface area contributed by atoms with Crippen LogP contribution in [0, 0.1) is 23.0 Å². The number of imide groups is 1. The molecule has 0 aromatic heterocycles. The van der Waals surface area contributed by atoms with Crippen molar-refractivity contribution >= 4 is 35.3 Å². The molecule has 3 aromatic carbocycles. The molecular formula is C37H37ClF2N2O8. The van der Waals surface area contributed by atoms with Gasteiger partial charge in [0.15, 0.2) is 23.4 Å². The van der Waals surface area contributed by atoms with E-state index in [0.717, 1.165) is 50.7 Å². The number of nitriles is 1. The summed E-state index contributed by atoms with van der Waals surface area (Å²) in [5, 5.41) is 8.84. The second kappa shape index (κ2) is 17.5. The van der Waals surface area contributed by atoms with E-state index in [1.54, 1.807) is 45.0 Å². The molecule has 13 heteroatoms. The fourth-order valence-electron chi connectivity index (χ4n) is 4.90. The molecule has 0 bridgehead atoms. The van der Waals surface area contributed by atoms with Crippen LogP contribution >= 0.6 is 11.6 Å². The Balaban J connectivity index is 0.000000225. The molecule has 1 aliphatic heterocycles. The number of halogens is 3. The van der Waals surface area contributed by atoms with Gasteiger partial charge in [0.25, 0.3) is 0 Å². The van der Waals surface area contributed by atoms with Gasteiger partial charge in [-0.1, -0.05) is 24.9 Å². The Morgan fingerprint density at radius 3 is 2.30 bits per heavy atom. The summed E-state index contributed by atoms with van der Waals surface area (Å²) in [6, 6.07) is 14.6. The van der Waals surface area contributed by atoms with Crippen LogP contribution in [0.15, 0.2) is 65.9 Å². The first-order valence-electron chi connectivity index (χ1n) is 16.1. The molecular weight excluding hydrogens is 674 g/mol. The Morgan fingerprint density at radius 2 is 1.70 bits per heavy atom. The molecule has 5 rings (SSSR count). The Bertz CT molecular complexity index is 1780. The monoisotopic (exact) mass is 710 g/mol. The quantitative estimate of drug-likeness (QED) is 0.109. The van der Waals surface area contributed by atoms with Crippen molar-refractivity contribution in [1.82, 2.24) is 0 Å². The second-order valence-corrected chi connectivity index (χ2v) is 12.1. The predicted molar refractivity (Wildman–Crippen MR) is 180 cm³/mol. The zero-order valence-electron chi connectivity index (χ0n) is 28.1. The molecule has 1 aliphatic carbocycles. The summed E-state index contributed by atoms with van der Waals surface area (Å²) in [6.07, 6.45) is 4.04. The van der Waals surface area contributed by atoms with E-state index in [-0.39, 0.29) is 39.6 Å². The van der Waals surface area contributed by atoms with Crippen molar-refractivity contribution in [3.05, 3.63) is 88.2 Å². The van der Waals surface area contributed by atoms with Gasteiger partial charge >= 0.3 is 18.0 Å². The maximum atomic E-state index is 14.3. The van der Waals surface area contributed by atoms with Crippen LogP contribution in [-0.4, -0.2) is 36.8 Å². The van der Waals surface area contributed by atoms with Gasteiger partial charge in [0, 0.05) is 6.07 Å². The van der Waals surface area contributed by atoms with Crippen molar-refractivity contribution in [3.63, 3.8) is 0 Å². The van der Waals surface area contributed by atoms with Gasteiger partial charge in [-0.2, -0.15) is 5.26 Å². The first-order chi connectivity index (χ1) is 23.9. The standard InChI is InChI=1S/C20H20FNO4.C17H17ClFNO4/c1-3-4-11-24-20(23)14(2)25-16-6-8-17(9-7-16)26-19-10-5-15(13-22)12-18(19)21;1-9(2)15-16(21)20(17(22)24-15)13-8-14(11(18)7-12(13)19)23-10-5-3-4-6-10/h5-10,12,14H,3-4,11H2,1-2H3;7-8,10H,3-6H2,1-2H3/t14-;/m1./s1. The number of anilines is 1. The molecule has 3 aromatic rings. The summed E-state index contributed by atoms with van der Waals surface area (Å²) in [5.41, 5.74) is 0.532. The lowest BCUT2D eigenvalue weighted by Crippen LogP contribution is -2.29. The number of nitrogens with zero attached hydrogens (tertiary/aromatic N) is 2. The third kappa shape index (κ3) is 9.72. The van der Waals surface area contributed by atoms with Gasteiger partial charge in [0.05, 0.1) is 35.1 Å². The number of esters is 1. The summed E-state index contributed by atoms with van der Waals surface area (Å²) in [4.78, 5) is 36.8. The fourth-order valence-corrected chi connectivity index (χ4v) is 5.10. The van der Waals surface area contributed by atoms with E-state index in [2.05, 4.69) is 0 Å². The Labute approximate surface area is 294 Å². The van der Waals surface area contributed by atoms with Crippen LogP contribution in [0.5, 0.6) is 23.0 Å². The van der Waals surface area contributed by atoms with E-state index in [4.69, 9.17) is 40.5 Å². The maximum absolute atomic E-state index is 14.3. The third-order valence-electron chi connectivity index (χ3n) is 7.56. The van der Waals surface area contributed by atoms with Crippen molar-refractivity contribution in [1.29, 1.82) is 5.26 Å². The maximum Gasteiger partial charge on any atom is 0.427 e. The molecule has 1 heterocycles. The number of amides is 2. The number of allylic oxidation sites excluding steroid dienone is 1. The number of carbonyl (C=O) groups is 3. The van der Waals surface area contributed by atoms with Crippen molar-refractivity contribution < 1.29 is 46.8 Å². The first kappa shape index (κ1) is 37.7. The van der Waals surface area contributed by atoms with Gasteiger partial charge in [-0.25, -0.2) is 23.3 Å². The Hall–Kier alpha value is -5.15. The number of carbonyl (C=O) groups excluding carboxylic acids is 3. The highest BCUT2D eigenvalue weighted by atomic mass is 35.5. The summed E-state index contributed by atoms with van der Waals surface area (Å²) in [5.74, 6) is -1.47. The minimum atomic E-state index is -0.941. The largest absolute Gasteiger partial charge is 0.489 e. The lowest BCUT2D eigenvalue weighted by molar-refractivity contribution is -0.151. The van der Waals surface area contributed by atoms with Crippen LogP contribution in [0.2, 0.25) is 5.02 Å². The molecule has 2 amide bonds. The molecule has 50 heavy (non-hydrogen) atoms. The summed E-state index contributed by atoms with van der Waals surface area (Å²) >= 11 is 6.04. The van der Waals surface area contributed by atoms with Gasteiger partial charge in [-0.15, -0.1) is 0 Å². The van der Waals surface area contributed by atoms with E-state index < -0.39 is 35.7 Å². The molecule has 0 radical (unpaired) electrons. The van der Waals surface area contributed by atoms with Gasteiger partial charge in [0.2, 0.25) is 0 Å². The molecule has 2 fully saturated rings. The van der Waals surface area contributed by atoms with E-state index in [0.29, 0.717) is 28.6 Å². The van der Waals surface area contributed by atoms with Crippen LogP contribution in [-0.2, 0) is 19.1 Å². The van der Waals surface area contributed by atoms with Crippen molar-refractivity contribution in [2.24, 2.45) is 0 Å². The molecule has 264 valence electrons. The SMILES string of the molecule is CC(C)=C1OC(=O)N(c2cc(OC3CCCC3)c(Cl)cc2F)C1=O.CCCCOC(=O)[C@@H](C)Oc1ccc(Oc2ccc(C#N)cc2F)cc1. The van der Waals surface area contributed by atoms with E-state index in [9.17, 15) is 23.2 Å². The first-order valence-corrected chi connectivity index (χ1v) is 16.5. The van der Waals surface area contributed by atoms with Crippen LogP contribution < -0.4 is 19.1 Å². The molecule has 1 atom stereocenters. The van der Waals surface area contributed by atoms with Gasteiger partial charge in [-0.05, 0) is 107 Å². The third-order valence-corrected chi connectivity index (χ3v) is 7.86. The minimum absolute atomic E-state index is 0.00962. The Morgan fingerprint density at radius 1 is 1.02 bits per heavy atom. The van der Waals surface area contributed by atoms with Gasteiger partial charge in [0.1, 0.15) is 23.1 Å². The minimum Gasteiger partial charge on any atom is -0.489 e. The summed E-state index contributed by atoms with van der Waals surface area (Å²) in [6.45, 7) is 7.28. The van der Waals surface area contributed by atoms with Crippen LogP contribution in [0.4, 0.5) is 19.3 Å². The highest BCUT2D eigenvalue weighted by Crippen LogP contribution is 2.37. The smallest absolute Gasteiger partial charge is 0.427 e. The molecule has 1 saturated carbocycles. The summed E-state index contributed by atoms with van der Waals surface area (Å²) in [7, 11) is 0. The zero-order valence-corrected chi connectivity index (χ0v) is 28.9.